The molecule has 0 bridgehead atoms. The van der Waals surface area contributed by atoms with Crippen molar-refractivity contribution in [1.82, 2.24) is 0 Å². The van der Waals surface area contributed by atoms with E-state index < -0.39 is 0 Å². The third-order valence-corrected chi connectivity index (χ3v) is 12.8. The zero-order valence-electron chi connectivity index (χ0n) is 32.3. The fourth-order valence-electron chi connectivity index (χ4n) is 10.0. The van der Waals surface area contributed by atoms with Crippen molar-refractivity contribution in [2.45, 2.75) is 6.92 Å². The van der Waals surface area contributed by atoms with Crippen molar-refractivity contribution in [1.29, 1.82) is 0 Å². The van der Waals surface area contributed by atoms with Gasteiger partial charge < -0.3 is 9.32 Å². The molecule has 0 saturated heterocycles. The number of benzene rings is 12. The standard InChI is InChI=1S/C57H35NO/c1-34-14-22-40(23-15-34)58(41-24-16-35-8-2-3-9-38(35)30-41)53-28-20-37-18-26-47-42(25-17-36-19-27-48(53)57(37)56(36)47)39-21-29-54-51(31-39)52-32-49-45-12-6-4-10-43(45)44-11-5-7-13-46(44)50(49)33-55(52)59-54/h2-33H,1H3. The highest BCUT2D eigenvalue weighted by atomic mass is 16.3. The first kappa shape index (κ1) is 32.4. The Labute approximate surface area is 340 Å². The molecule has 0 unspecified atom stereocenters. The van der Waals surface area contributed by atoms with Gasteiger partial charge in [-0.3, -0.25) is 0 Å². The summed E-state index contributed by atoms with van der Waals surface area (Å²) in [6.07, 6.45) is 0. The predicted octanol–water partition coefficient (Wildman–Crippen LogP) is 16.5. The molecular weight excluding hydrogens is 715 g/mol. The van der Waals surface area contributed by atoms with Gasteiger partial charge in [0.05, 0.1) is 5.69 Å². The molecule has 0 amide bonds. The molecule has 0 radical (unpaired) electrons. The predicted molar refractivity (Wildman–Crippen MR) is 252 cm³/mol. The van der Waals surface area contributed by atoms with Crippen LogP contribution in [0.1, 0.15) is 5.56 Å². The van der Waals surface area contributed by atoms with E-state index in [2.05, 4.69) is 206 Å². The largest absolute Gasteiger partial charge is 0.456 e. The van der Waals surface area contributed by atoms with Crippen LogP contribution in [0.5, 0.6) is 0 Å². The summed E-state index contributed by atoms with van der Waals surface area (Å²) >= 11 is 0. The molecule has 1 aromatic heterocycles. The third-order valence-electron chi connectivity index (χ3n) is 12.8. The molecule has 0 fully saturated rings. The van der Waals surface area contributed by atoms with Gasteiger partial charge in [-0.1, -0.05) is 145 Å². The molecule has 2 nitrogen and oxygen atoms in total. The van der Waals surface area contributed by atoms with E-state index in [1.165, 1.54) is 92.1 Å². The molecule has 13 rings (SSSR count). The average Bonchev–Trinajstić information content (AvgIpc) is 3.65. The van der Waals surface area contributed by atoms with Gasteiger partial charge in [0.15, 0.2) is 0 Å². The zero-order valence-corrected chi connectivity index (χ0v) is 32.3. The van der Waals surface area contributed by atoms with E-state index in [4.69, 9.17) is 4.42 Å². The molecule has 12 aromatic carbocycles. The Bertz CT molecular complexity index is 3850. The van der Waals surface area contributed by atoms with E-state index in [1.54, 1.807) is 0 Å². The number of fused-ring (bicyclic) bond motifs is 10. The Morgan fingerprint density at radius 1 is 0.339 bits per heavy atom. The first-order valence-corrected chi connectivity index (χ1v) is 20.4. The quantitative estimate of drug-likeness (QED) is 0.167. The van der Waals surface area contributed by atoms with Crippen LogP contribution >= 0.6 is 0 Å². The van der Waals surface area contributed by atoms with Gasteiger partial charge in [0.1, 0.15) is 11.2 Å². The highest BCUT2D eigenvalue weighted by molar-refractivity contribution is 6.30. The summed E-state index contributed by atoms with van der Waals surface area (Å²) in [7, 11) is 0. The van der Waals surface area contributed by atoms with Crippen molar-refractivity contribution < 1.29 is 4.42 Å². The van der Waals surface area contributed by atoms with Crippen molar-refractivity contribution in [2.24, 2.45) is 0 Å². The Kier molecular flexibility index (Phi) is 6.68. The van der Waals surface area contributed by atoms with Crippen LogP contribution in [-0.2, 0) is 0 Å². The van der Waals surface area contributed by atoms with E-state index >= 15 is 0 Å². The molecule has 274 valence electrons. The first-order chi connectivity index (χ1) is 29.1. The SMILES string of the molecule is Cc1ccc(N(c2ccc3ccccc3c2)c2ccc3ccc4c(-c5ccc6oc7cc8c9ccccc9c9ccccc9c8cc7c6c5)ccc5ccc2c3c54)cc1. The van der Waals surface area contributed by atoms with Gasteiger partial charge in [-0.05, 0) is 143 Å². The number of aryl methyl sites for hydroxylation is 1. The van der Waals surface area contributed by atoms with Gasteiger partial charge in [-0.15, -0.1) is 0 Å². The van der Waals surface area contributed by atoms with Crippen LogP contribution in [0, 0.1) is 6.92 Å². The Morgan fingerprint density at radius 3 is 1.68 bits per heavy atom. The second-order valence-corrected chi connectivity index (χ2v) is 16.1. The molecule has 0 aliphatic rings. The fourth-order valence-corrected chi connectivity index (χ4v) is 10.0. The highest BCUT2D eigenvalue weighted by Gasteiger charge is 2.21. The summed E-state index contributed by atoms with van der Waals surface area (Å²) in [4.78, 5) is 2.42. The maximum atomic E-state index is 6.63. The van der Waals surface area contributed by atoms with Crippen LogP contribution in [-0.4, -0.2) is 0 Å². The summed E-state index contributed by atoms with van der Waals surface area (Å²) in [6, 6.07) is 71.6. The molecule has 0 saturated carbocycles. The van der Waals surface area contributed by atoms with Crippen molar-refractivity contribution in [3.05, 3.63) is 200 Å². The third kappa shape index (κ3) is 4.75. The second kappa shape index (κ2) is 12.2. The van der Waals surface area contributed by atoms with Gasteiger partial charge >= 0.3 is 0 Å². The summed E-state index contributed by atoms with van der Waals surface area (Å²) < 4.78 is 6.63. The number of anilines is 3. The minimum absolute atomic E-state index is 0.903. The topological polar surface area (TPSA) is 16.4 Å². The van der Waals surface area contributed by atoms with Crippen LogP contribution < -0.4 is 4.90 Å². The lowest BCUT2D eigenvalue weighted by molar-refractivity contribution is 0.669. The Balaban J connectivity index is 1.02. The number of nitrogens with zero attached hydrogens (tertiary/aromatic N) is 1. The summed E-state index contributed by atoms with van der Waals surface area (Å²) in [5.41, 5.74) is 8.89. The minimum atomic E-state index is 0.903. The van der Waals surface area contributed by atoms with Crippen LogP contribution in [0.2, 0.25) is 0 Å². The smallest absolute Gasteiger partial charge is 0.136 e. The maximum absolute atomic E-state index is 6.63. The molecule has 13 aromatic rings. The molecule has 2 heteroatoms. The van der Waals surface area contributed by atoms with E-state index in [0.29, 0.717) is 0 Å². The molecular formula is C57H35NO. The monoisotopic (exact) mass is 749 g/mol. The zero-order chi connectivity index (χ0) is 38.8. The minimum Gasteiger partial charge on any atom is -0.456 e. The van der Waals surface area contributed by atoms with Gasteiger partial charge in [0.2, 0.25) is 0 Å². The second-order valence-electron chi connectivity index (χ2n) is 16.1. The van der Waals surface area contributed by atoms with E-state index in [0.717, 1.165) is 39.0 Å². The lowest BCUT2D eigenvalue weighted by Crippen LogP contribution is -2.10. The highest BCUT2D eigenvalue weighted by Crippen LogP contribution is 2.47. The number of rotatable bonds is 4. The van der Waals surface area contributed by atoms with Crippen molar-refractivity contribution in [2.75, 3.05) is 4.90 Å². The molecule has 1 heterocycles. The lowest BCUT2D eigenvalue weighted by atomic mass is 9.88. The number of hydrogen-bond donors (Lipinski definition) is 0. The summed E-state index contributed by atoms with van der Waals surface area (Å²) in [5.74, 6) is 0. The summed E-state index contributed by atoms with van der Waals surface area (Å²) in [6.45, 7) is 2.15. The molecule has 0 aliphatic carbocycles. The molecule has 0 aliphatic heterocycles. The van der Waals surface area contributed by atoms with Gasteiger partial charge in [-0.2, -0.15) is 0 Å². The fraction of sp³-hybridized carbons (Fsp3) is 0.0175. The average molecular weight is 750 g/mol. The molecule has 0 atom stereocenters. The summed E-state index contributed by atoms with van der Waals surface area (Å²) in [5, 5.41) is 19.8. The van der Waals surface area contributed by atoms with Gasteiger partial charge in [0.25, 0.3) is 0 Å². The van der Waals surface area contributed by atoms with E-state index in [9.17, 15) is 0 Å². The first-order valence-electron chi connectivity index (χ1n) is 20.4. The Hall–Kier alpha value is -7.68. The van der Waals surface area contributed by atoms with Crippen molar-refractivity contribution in [3.8, 4) is 11.1 Å². The molecule has 59 heavy (non-hydrogen) atoms. The van der Waals surface area contributed by atoms with E-state index in [1.807, 2.05) is 0 Å². The van der Waals surface area contributed by atoms with Gasteiger partial charge in [0, 0.05) is 27.5 Å². The Morgan fingerprint density at radius 2 is 0.915 bits per heavy atom. The van der Waals surface area contributed by atoms with Crippen LogP contribution in [0.15, 0.2) is 199 Å². The number of furan rings is 1. The van der Waals surface area contributed by atoms with Crippen LogP contribution in [0.25, 0.3) is 108 Å². The lowest BCUT2D eigenvalue weighted by Gasteiger charge is -2.28. The van der Waals surface area contributed by atoms with Crippen LogP contribution in [0.4, 0.5) is 17.1 Å². The van der Waals surface area contributed by atoms with Crippen molar-refractivity contribution in [3.63, 3.8) is 0 Å². The van der Waals surface area contributed by atoms with E-state index in [-0.39, 0.29) is 0 Å². The van der Waals surface area contributed by atoms with Gasteiger partial charge in [-0.25, -0.2) is 0 Å². The molecule has 0 N–H and O–H groups in total. The normalized spacial score (nSPS) is 12.2. The molecule has 0 spiro atoms. The number of hydrogen-bond acceptors (Lipinski definition) is 2. The van der Waals surface area contributed by atoms with Crippen LogP contribution in [0.3, 0.4) is 0 Å². The van der Waals surface area contributed by atoms with Crippen molar-refractivity contribution >= 4 is 114 Å². The maximum Gasteiger partial charge on any atom is 0.136 e.